The van der Waals surface area contributed by atoms with E-state index < -0.39 is 6.04 Å². The van der Waals surface area contributed by atoms with Gasteiger partial charge in [0.2, 0.25) is 5.91 Å². The second-order valence-electron chi connectivity index (χ2n) is 7.13. The van der Waals surface area contributed by atoms with Crippen molar-refractivity contribution < 1.29 is 14.3 Å². The Morgan fingerprint density at radius 1 is 1.07 bits per heavy atom. The van der Waals surface area contributed by atoms with Gasteiger partial charge >= 0.3 is 0 Å². The van der Waals surface area contributed by atoms with E-state index in [0.717, 1.165) is 22.9 Å². The minimum atomic E-state index is -0.508. The molecule has 0 bridgehead atoms. The van der Waals surface area contributed by atoms with Crippen LogP contribution in [0.3, 0.4) is 0 Å². The standard InChI is InChI=1S/C24H31BrN2O3/c1-3-5-16-26-24(29)22(4-2)27(17-15-19-9-7-6-8-10-19)23(28)18-30-21-13-11-20(25)12-14-21/h6-14,22H,3-5,15-18H2,1-2H3,(H,26,29)/t22-/m1/s1. The highest BCUT2D eigenvalue weighted by atomic mass is 79.9. The van der Waals surface area contributed by atoms with Crippen LogP contribution in [0, 0.1) is 0 Å². The van der Waals surface area contributed by atoms with Gasteiger partial charge in [-0.25, -0.2) is 0 Å². The quantitative estimate of drug-likeness (QED) is 0.457. The molecule has 0 radical (unpaired) electrons. The molecular formula is C24H31BrN2O3. The molecule has 0 aromatic heterocycles. The van der Waals surface area contributed by atoms with Gasteiger partial charge in [-0.15, -0.1) is 0 Å². The molecule has 5 nitrogen and oxygen atoms in total. The van der Waals surface area contributed by atoms with E-state index in [1.165, 1.54) is 0 Å². The molecule has 0 fully saturated rings. The highest BCUT2D eigenvalue weighted by molar-refractivity contribution is 9.10. The molecule has 2 aromatic rings. The van der Waals surface area contributed by atoms with Gasteiger partial charge in [-0.05, 0) is 49.1 Å². The van der Waals surface area contributed by atoms with E-state index in [1.54, 1.807) is 17.0 Å². The Labute approximate surface area is 187 Å². The highest BCUT2D eigenvalue weighted by Crippen LogP contribution is 2.17. The average molecular weight is 475 g/mol. The zero-order valence-electron chi connectivity index (χ0n) is 17.8. The lowest BCUT2D eigenvalue weighted by Crippen LogP contribution is -2.51. The summed E-state index contributed by atoms with van der Waals surface area (Å²) in [4.78, 5) is 27.5. The largest absolute Gasteiger partial charge is 0.484 e. The lowest BCUT2D eigenvalue weighted by atomic mass is 10.1. The van der Waals surface area contributed by atoms with Gasteiger partial charge in [0.1, 0.15) is 11.8 Å². The van der Waals surface area contributed by atoms with Crippen LogP contribution < -0.4 is 10.1 Å². The Kier molecular flexibility index (Phi) is 10.4. The smallest absolute Gasteiger partial charge is 0.261 e. The maximum absolute atomic E-state index is 13.1. The van der Waals surface area contributed by atoms with Crippen molar-refractivity contribution in [2.75, 3.05) is 19.7 Å². The van der Waals surface area contributed by atoms with E-state index >= 15 is 0 Å². The van der Waals surface area contributed by atoms with E-state index in [1.807, 2.05) is 49.4 Å². The van der Waals surface area contributed by atoms with Crippen LogP contribution in [0.25, 0.3) is 0 Å². The lowest BCUT2D eigenvalue weighted by molar-refractivity contribution is -0.142. The van der Waals surface area contributed by atoms with Crippen molar-refractivity contribution in [2.45, 2.75) is 45.6 Å². The second kappa shape index (κ2) is 13.1. The molecule has 1 atom stereocenters. The van der Waals surface area contributed by atoms with Gasteiger partial charge in [0.25, 0.3) is 5.91 Å². The van der Waals surface area contributed by atoms with E-state index in [9.17, 15) is 9.59 Å². The molecule has 1 N–H and O–H groups in total. The first-order valence-electron chi connectivity index (χ1n) is 10.5. The number of rotatable bonds is 12. The molecule has 2 aromatic carbocycles. The van der Waals surface area contributed by atoms with Crippen LogP contribution in [0.1, 0.15) is 38.7 Å². The third-order valence-corrected chi connectivity index (χ3v) is 5.40. The molecule has 2 amide bonds. The van der Waals surface area contributed by atoms with Crippen molar-refractivity contribution in [1.82, 2.24) is 10.2 Å². The SMILES string of the molecule is CCCCNC(=O)[C@@H](CC)N(CCc1ccccc1)C(=O)COc1ccc(Br)cc1. The van der Waals surface area contributed by atoms with Crippen molar-refractivity contribution in [1.29, 1.82) is 0 Å². The van der Waals surface area contributed by atoms with Gasteiger partial charge in [0, 0.05) is 17.6 Å². The van der Waals surface area contributed by atoms with Crippen molar-refractivity contribution in [3.8, 4) is 5.75 Å². The van der Waals surface area contributed by atoms with Crippen LogP contribution >= 0.6 is 15.9 Å². The van der Waals surface area contributed by atoms with E-state index in [2.05, 4.69) is 28.2 Å². The number of halogens is 1. The predicted octanol–water partition coefficient (Wildman–Crippen LogP) is 4.59. The lowest BCUT2D eigenvalue weighted by Gasteiger charge is -2.30. The third-order valence-electron chi connectivity index (χ3n) is 4.88. The molecule has 0 aliphatic rings. The number of amides is 2. The Morgan fingerprint density at radius 3 is 2.40 bits per heavy atom. The summed E-state index contributed by atoms with van der Waals surface area (Å²) in [5.74, 6) is 0.331. The van der Waals surface area contributed by atoms with Crippen LogP contribution in [-0.2, 0) is 16.0 Å². The Balaban J connectivity index is 2.08. The fourth-order valence-electron chi connectivity index (χ4n) is 3.16. The number of unbranched alkanes of at least 4 members (excludes halogenated alkanes) is 1. The van der Waals surface area contributed by atoms with E-state index in [0.29, 0.717) is 31.7 Å². The van der Waals surface area contributed by atoms with Gasteiger partial charge in [0.15, 0.2) is 6.61 Å². The Morgan fingerprint density at radius 2 is 1.77 bits per heavy atom. The topological polar surface area (TPSA) is 58.6 Å². The average Bonchev–Trinajstić information content (AvgIpc) is 2.76. The highest BCUT2D eigenvalue weighted by Gasteiger charge is 2.28. The molecule has 0 aliphatic heterocycles. The third kappa shape index (κ3) is 7.82. The van der Waals surface area contributed by atoms with Crippen LogP contribution in [0.4, 0.5) is 0 Å². The van der Waals surface area contributed by atoms with Gasteiger partial charge in [0.05, 0.1) is 0 Å². The fourth-order valence-corrected chi connectivity index (χ4v) is 3.43. The monoisotopic (exact) mass is 474 g/mol. The Hall–Kier alpha value is -2.34. The number of carbonyl (C=O) groups excluding carboxylic acids is 2. The summed E-state index contributed by atoms with van der Waals surface area (Å²) in [6, 6.07) is 16.8. The number of nitrogens with zero attached hydrogens (tertiary/aromatic N) is 1. The molecule has 2 rings (SSSR count). The van der Waals surface area contributed by atoms with Crippen molar-refractivity contribution >= 4 is 27.7 Å². The maximum Gasteiger partial charge on any atom is 0.261 e. The first-order chi connectivity index (χ1) is 14.5. The zero-order valence-corrected chi connectivity index (χ0v) is 19.4. The normalized spacial score (nSPS) is 11.6. The molecule has 162 valence electrons. The number of benzene rings is 2. The minimum Gasteiger partial charge on any atom is -0.484 e. The zero-order chi connectivity index (χ0) is 21.8. The van der Waals surface area contributed by atoms with E-state index in [4.69, 9.17) is 4.74 Å². The molecule has 0 saturated heterocycles. The molecule has 0 aliphatic carbocycles. The second-order valence-corrected chi connectivity index (χ2v) is 8.05. The van der Waals surface area contributed by atoms with Crippen LogP contribution in [-0.4, -0.2) is 42.5 Å². The molecule has 0 saturated carbocycles. The number of carbonyl (C=O) groups is 2. The summed E-state index contributed by atoms with van der Waals surface area (Å²) < 4.78 is 6.63. The first-order valence-corrected chi connectivity index (χ1v) is 11.3. The van der Waals surface area contributed by atoms with Gasteiger partial charge < -0.3 is 15.0 Å². The summed E-state index contributed by atoms with van der Waals surface area (Å²) in [7, 11) is 0. The first kappa shape index (κ1) is 23.9. The molecular weight excluding hydrogens is 444 g/mol. The molecule has 30 heavy (non-hydrogen) atoms. The minimum absolute atomic E-state index is 0.101. The summed E-state index contributed by atoms with van der Waals surface area (Å²) in [5.41, 5.74) is 1.13. The summed E-state index contributed by atoms with van der Waals surface area (Å²) >= 11 is 3.39. The van der Waals surface area contributed by atoms with Crippen molar-refractivity contribution in [2.24, 2.45) is 0 Å². The summed E-state index contributed by atoms with van der Waals surface area (Å²) in [6.45, 7) is 5.00. The number of hydrogen-bond donors (Lipinski definition) is 1. The number of ether oxygens (including phenoxy) is 1. The van der Waals surface area contributed by atoms with Gasteiger partial charge in [-0.3, -0.25) is 9.59 Å². The number of hydrogen-bond acceptors (Lipinski definition) is 3. The van der Waals surface area contributed by atoms with Crippen molar-refractivity contribution in [3.63, 3.8) is 0 Å². The summed E-state index contributed by atoms with van der Waals surface area (Å²) in [6.07, 6.45) is 3.17. The maximum atomic E-state index is 13.1. The molecule has 0 spiro atoms. The fraction of sp³-hybridized carbons (Fsp3) is 0.417. The predicted molar refractivity (Wildman–Crippen MR) is 123 cm³/mol. The Bertz CT molecular complexity index is 781. The summed E-state index contributed by atoms with van der Waals surface area (Å²) in [5, 5.41) is 2.97. The molecule has 0 unspecified atom stereocenters. The number of nitrogens with one attached hydrogen (secondary N) is 1. The van der Waals surface area contributed by atoms with Gasteiger partial charge in [-0.2, -0.15) is 0 Å². The van der Waals surface area contributed by atoms with Crippen LogP contribution in [0.2, 0.25) is 0 Å². The molecule has 0 heterocycles. The van der Waals surface area contributed by atoms with E-state index in [-0.39, 0.29) is 18.4 Å². The van der Waals surface area contributed by atoms with Gasteiger partial charge in [-0.1, -0.05) is 66.5 Å². The molecule has 6 heteroatoms. The van der Waals surface area contributed by atoms with Crippen LogP contribution in [0.15, 0.2) is 59.1 Å². The van der Waals surface area contributed by atoms with Crippen LogP contribution in [0.5, 0.6) is 5.75 Å². The van der Waals surface area contributed by atoms with Crippen molar-refractivity contribution in [3.05, 3.63) is 64.6 Å².